The molecular formula is C34H23FN2O5. The summed E-state index contributed by atoms with van der Waals surface area (Å²) in [6.07, 6.45) is 3.72. The average Bonchev–Trinajstić information content (AvgIpc) is 3.70. The van der Waals surface area contributed by atoms with E-state index in [0.29, 0.717) is 28.3 Å². The molecule has 42 heavy (non-hydrogen) atoms. The molecule has 8 heteroatoms. The number of ketones is 2. The highest BCUT2D eigenvalue weighted by Crippen LogP contribution is 2.62. The van der Waals surface area contributed by atoms with Crippen LogP contribution < -0.4 is 14.8 Å². The fourth-order valence-corrected chi connectivity index (χ4v) is 7.18. The number of fused-ring (bicyclic) bond motifs is 7. The summed E-state index contributed by atoms with van der Waals surface area (Å²) in [5.74, 6) is -1.77. The SMILES string of the molecule is O=C(c1ccc(F)cc1)[C@@H]1[C@H](C(=O)c2ccc3c(c2)OCO3)N2C=Cc3ccccc3[C@@H]2[C@]12C(=O)Nc1ccccc12. The van der Waals surface area contributed by atoms with Crippen LogP contribution in [0.15, 0.2) is 97.2 Å². The number of hydrogen-bond acceptors (Lipinski definition) is 6. The number of nitrogens with one attached hydrogen (secondary N) is 1. The molecule has 4 aliphatic rings. The summed E-state index contributed by atoms with van der Waals surface area (Å²) in [5, 5.41) is 3.02. The molecule has 1 amide bonds. The summed E-state index contributed by atoms with van der Waals surface area (Å²) in [6.45, 7) is 0.0515. The van der Waals surface area contributed by atoms with E-state index >= 15 is 0 Å². The molecule has 0 aliphatic carbocycles. The van der Waals surface area contributed by atoms with Crippen molar-refractivity contribution in [2.24, 2.45) is 5.92 Å². The number of Topliss-reactive ketones (excluding diaryl/α,β-unsaturated/α-hetero) is 2. The Morgan fingerprint density at radius 1 is 0.857 bits per heavy atom. The van der Waals surface area contributed by atoms with Gasteiger partial charge in [-0.2, -0.15) is 0 Å². The first-order chi connectivity index (χ1) is 20.5. The van der Waals surface area contributed by atoms with Crippen molar-refractivity contribution < 1.29 is 28.2 Å². The number of anilines is 1. The molecule has 206 valence electrons. The third-order valence-electron chi connectivity index (χ3n) is 8.91. The van der Waals surface area contributed by atoms with Crippen molar-refractivity contribution in [1.29, 1.82) is 0 Å². The van der Waals surface area contributed by atoms with Crippen LogP contribution in [0.3, 0.4) is 0 Å². The highest BCUT2D eigenvalue weighted by molar-refractivity contribution is 6.16. The Bertz CT molecular complexity index is 1850. The quantitative estimate of drug-likeness (QED) is 0.332. The summed E-state index contributed by atoms with van der Waals surface area (Å²) >= 11 is 0. The van der Waals surface area contributed by atoms with E-state index in [1.54, 1.807) is 18.2 Å². The maximum Gasteiger partial charge on any atom is 0.238 e. The summed E-state index contributed by atoms with van der Waals surface area (Å²) in [4.78, 5) is 45.7. The van der Waals surface area contributed by atoms with Crippen molar-refractivity contribution in [3.63, 3.8) is 0 Å². The predicted molar refractivity (Wildman–Crippen MR) is 152 cm³/mol. The monoisotopic (exact) mass is 558 g/mol. The first-order valence-electron chi connectivity index (χ1n) is 13.7. The maximum absolute atomic E-state index is 14.7. The smallest absolute Gasteiger partial charge is 0.238 e. The Morgan fingerprint density at radius 3 is 2.45 bits per heavy atom. The molecule has 4 aliphatic heterocycles. The van der Waals surface area contributed by atoms with Crippen molar-refractivity contribution >= 4 is 29.2 Å². The van der Waals surface area contributed by atoms with Gasteiger partial charge in [-0.25, -0.2) is 4.39 Å². The molecule has 4 aromatic carbocycles. The number of hydrogen-bond donors (Lipinski definition) is 1. The minimum Gasteiger partial charge on any atom is -0.454 e. The Hall–Kier alpha value is -5.24. The third-order valence-corrected chi connectivity index (χ3v) is 8.91. The number of carbonyl (C=O) groups excluding carboxylic acids is 3. The zero-order valence-corrected chi connectivity index (χ0v) is 22.1. The lowest BCUT2D eigenvalue weighted by molar-refractivity contribution is -0.122. The molecule has 0 radical (unpaired) electrons. The number of benzene rings is 4. The summed E-state index contributed by atoms with van der Waals surface area (Å²) in [6, 6.07) is 23.5. The van der Waals surface area contributed by atoms with Crippen LogP contribution in [0.25, 0.3) is 6.08 Å². The molecule has 4 aromatic rings. The van der Waals surface area contributed by atoms with Crippen molar-refractivity contribution in [3.8, 4) is 11.5 Å². The first-order valence-corrected chi connectivity index (χ1v) is 13.7. The maximum atomic E-state index is 14.7. The van der Waals surface area contributed by atoms with Crippen LogP contribution in [0, 0.1) is 11.7 Å². The molecule has 1 N–H and O–H groups in total. The van der Waals surface area contributed by atoms with Gasteiger partial charge in [-0.05, 0) is 71.3 Å². The summed E-state index contributed by atoms with van der Waals surface area (Å²) in [7, 11) is 0. The van der Waals surface area contributed by atoms with E-state index in [9.17, 15) is 18.8 Å². The highest BCUT2D eigenvalue weighted by atomic mass is 19.1. The third kappa shape index (κ3) is 3.23. The van der Waals surface area contributed by atoms with Crippen molar-refractivity contribution in [3.05, 3.63) is 131 Å². The molecule has 4 atom stereocenters. The number of carbonyl (C=O) groups is 3. The molecule has 0 aromatic heterocycles. The van der Waals surface area contributed by atoms with Crippen LogP contribution in [0.4, 0.5) is 10.1 Å². The second-order valence-corrected chi connectivity index (χ2v) is 10.9. The Labute approximate surface area is 240 Å². The minimum absolute atomic E-state index is 0.0515. The van der Waals surface area contributed by atoms with Gasteiger partial charge in [-0.3, -0.25) is 14.4 Å². The second-order valence-electron chi connectivity index (χ2n) is 10.9. The van der Waals surface area contributed by atoms with Gasteiger partial charge in [0, 0.05) is 23.0 Å². The van der Waals surface area contributed by atoms with Gasteiger partial charge in [0.1, 0.15) is 17.3 Å². The van der Waals surface area contributed by atoms with Crippen LogP contribution in [0.5, 0.6) is 11.5 Å². The van der Waals surface area contributed by atoms with Gasteiger partial charge in [0.2, 0.25) is 12.7 Å². The van der Waals surface area contributed by atoms with E-state index in [1.807, 2.05) is 65.7 Å². The topological polar surface area (TPSA) is 84.9 Å². The van der Waals surface area contributed by atoms with Crippen LogP contribution in [0.2, 0.25) is 0 Å². The number of ether oxygens (including phenoxy) is 2. The van der Waals surface area contributed by atoms with Crippen molar-refractivity contribution in [2.75, 3.05) is 12.1 Å². The summed E-state index contributed by atoms with van der Waals surface area (Å²) < 4.78 is 24.9. The molecule has 1 fully saturated rings. The number of para-hydroxylation sites is 1. The van der Waals surface area contributed by atoms with E-state index < -0.39 is 35.0 Å². The minimum atomic E-state index is -1.46. The molecular weight excluding hydrogens is 535 g/mol. The zero-order chi connectivity index (χ0) is 28.6. The number of rotatable bonds is 4. The van der Waals surface area contributed by atoms with Gasteiger partial charge in [-0.15, -0.1) is 0 Å². The molecule has 7 nitrogen and oxygen atoms in total. The van der Waals surface area contributed by atoms with Gasteiger partial charge < -0.3 is 19.7 Å². The predicted octanol–water partition coefficient (Wildman–Crippen LogP) is 5.54. The van der Waals surface area contributed by atoms with Gasteiger partial charge in [0.15, 0.2) is 23.1 Å². The standard InChI is InChI=1S/C34H23FN2O5/c35-22-12-9-20(10-13-22)30(38)28-29(31(39)21-11-14-26-27(17-21)42-18-41-26)37-16-15-19-5-1-2-6-23(19)32(37)34(28)24-7-3-4-8-25(24)36-33(34)40/h1-17,28-29,32H,18H2,(H,36,40)/t28-,29+,32+,34+/m0/s1. The van der Waals surface area contributed by atoms with E-state index in [4.69, 9.17) is 9.47 Å². The Morgan fingerprint density at radius 2 is 1.60 bits per heavy atom. The molecule has 8 rings (SSSR count). The van der Waals surface area contributed by atoms with Crippen LogP contribution in [0.1, 0.15) is 43.4 Å². The Kier molecular flexibility index (Phi) is 5.19. The molecule has 1 saturated heterocycles. The highest BCUT2D eigenvalue weighted by Gasteiger charge is 2.70. The van der Waals surface area contributed by atoms with Crippen LogP contribution in [-0.4, -0.2) is 35.2 Å². The van der Waals surface area contributed by atoms with Crippen molar-refractivity contribution in [2.45, 2.75) is 17.5 Å². The van der Waals surface area contributed by atoms with Gasteiger partial charge >= 0.3 is 0 Å². The lowest BCUT2D eigenvalue weighted by Crippen LogP contribution is -2.49. The molecule has 0 bridgehead atoms. The number of nitrogens with zero attached hydrogens (tertiary/aromatic N) is 1. The average molecular weight is 559 g/mol. The van der Waals surface area contributed by atoms with E-state index in [-0.39, 0.29) is 24.0 Å². The zero-order valence-electron chi connectivity index (χ0n) is 22.1. The fraction of sp³-hybridized carbons (Fsp3) is 0.147. The fourth-order valence-electron chi connectivity index (χ4n) is 7.18. The molecule has 4 heterocycles. The lowest BCUT2D eigenvalue weighted by atomic mass is 9.62. The van der Waals surface area contributed by atoms with E-state index in [2.05, 4.69) is 5.32 Å². The second kappa shape index (κ2) is 8.88. The molecule has 0 saturated carbocycles. The van der Waals surface area contributed by atoms with Gasteiger partial charge in [0.05, 0.1) is 12.0 Å². The number of halogens is 1. The summed E-state index contributed by atoms with van der Waals surface area (Å²) in [5.41, 5.74) is 2.08. The van der Waals surface area contributed by atoms with E-state index in [0.717, 1.165) is 11.1 Å². The Balaban J connectivity index is 1.40. The van der Waals surface area contributed by atoms with Gasteiger partial charge in [0.25, 0.3) is 0 Å². The first kappa shape index (κ1) is 24.5. The van der Waals surface area contributed by atoms with Crippen LogP contribution in [-0.2, 0) is 10.2 Å². The van der Waals surface area contributed by atoms with Crippen LogP contribution >= 0.6 is 0 Å². The molecule has 1 spiro atoms. The molecule has 0 unspecified atom stereocenters. The normalized spacial score (nSPS) is 24.3. The van der Waals surface area contributed by atoms with E-state index in [1.165, 1.54) is 24.3 Å². The van der Waals surface area contributed by atoms with Gasteiger partial charge in [-0.1, -0.05) is 42.5 Å². The van der Waals surface area contributed by atoms with Crippen molar-refractivity contribution in [1.82, 2.24) is 4.90 Å². The lowest BCUT2D eigenvalue weighted by Gasteiger charge is -2.38. The number of amides is 1. The largest absolute Gasteiger partial charge is 0.454 e.